The highest BCUT2D eigenvalue weighted by Gasteiger charge is 2.19. The van der Waals surface area contributed by atoms with Crippen molar-refractivity contribution in [3.05, 3.63) is 34.3 Å². The number of hydrogen-bond acceptors (Lipinski definition) is 7. The predicted molar refractivity (Wildman–Crippen MR) is 78.3 cm³/mol. The molecule has 0 radical (unpaired) electrons. The Hall–Kier alpha value is -1.42. The number of benzene rings is 1. The van der Waals surface area contributed by atoms with E-state index < -0.39 is 10.0 Å². The minimum absolute atomic E-state index is 0.150. The summed E-state index contributed by atoms with van der Waals surface area (Å²) in [5.74, 6) is 0. The topological polar surface area (TPSA) is 84.8 Å². The molecule has 3 rings (SSSR count). The van der Waals surface area contributed by atoms with E-state index in [1.807, 2.05) is 12.3 Å². The molecule has 3 aromatic rings. The van der Waals surface area contributed by atoms with Gasteiger partial charge in [0.15, 0.2) is 0 Å². The molecule has 6 nitrogen and oxygen atoms in total. The summed E-state index contributed by atoms with van der Waals surface area (Å²) in [5, 5.41) is 2.61. The SMILES string of the molecule is Cc1csc(CNS(=O)(=O)c2cccc3nsnc23)n1. The standard InChI is InChI=1S/C11H10N4O2S3/c1-7-6-18-10(13-7)5-12-20(16,17)9-4-2-3-8-11(9)15-19-14-8/h2-4,6,12H,5H2,1H3. The van der Waals surface area contributed by atoms with Crippen LogP contribution in [0.3, 0.4) is 0 Å². The molecule has 0 bridgehead atoms. The molecule has 0 aliphatic rings. The van der Waals surface area contributed by atoms with Crippen LogP contribution < -0.4 is 4.72 Å². The summed E-state index contributed by atoms with van der Waals surface area (Å²) in [6.07, 6.45) is 0. The first-order chi connectivity index (χ1) is 9.56. The first-order valence-electron chi connectivity index (χ1n) is 5.68. The fourth-order valence-corrected chi connectivity index (χ4v) is 4.27. The van der Waals surface area contributed by atoms with Crippen LogP contribution in [0, 0.1) is 6.92 Å². The smallest absolute Gasteiger partial charge is 0.243 e. The van der Waals surface area contributed by atoms with Crippen molar-refractivity contribution in [1.82, 2.24) is 18.5 Å². The summed E-state index contributed by atoms with van der Waals surface area (Å²) in [6.45, 7) is 2.05. The Bertz CT molecular complexity index is 853. The zero-order chi connectivity index (χ0) is 14.2. The second kappa shape index (κ2) is 5.17. The van der Waals surface area contributed by atoms with Gasteiger partial charge in [0.25, 0.3) is 0 Å². The molecule has 9 heteroatoms. The molecule has 1 aromatic carbocycles. The van der Waals surface area contributed by atoms with Crippen molar-refractivity contribution in [3.8, 4) is 0 Å². The van der Waals surface area contributed by atoms with Gasteiger partial charge in [-0.2, -0.15) is 8.75 Å². The van der Waals surface area contributed by atoms with E-state index in [1.165, 1.54) is 17.4 Å². The van der Waals surface area contributed by atoms with Gasteiger partial charge in [0.05, 0.1) is 18.3 Å². The zero-order valence-electron chi connectivity index (χ0n) is 10.4. The maximum absolute atomic E-state index is 12.3. The van der Waals surface area contributed by atoms with Crippen LogP contribution in [0.15, 0.2) is 28.5 Å². The predicted octanol–water partition coefficient (Wildman–Crippen LogP) is 1.93. The van der Waals surface area contributed by atoms with Crippen molar-refractivity contribution < 1.29 is 8.42 Å². The molecule has 20 heavy (non-hydrogen) atoms. The van der Waals surface area contributed by atoms with Crippen LogP contribution in [0.5, 0.6) is 0 Å². The fraction of sp³-hybridized carbons (Fsp3) is 0.182. The van der Waals surface area contributed by atoms with Gasteiger partial charge in [0.1, 0.15) is 20.9 Å². The van der Waals surface area contributed by atoms with Crippen molar-refractivity contribution in [3.63, 3.8) is 0 Å². The van der Waals surface area contributed by atoms with Gasteiger partial charge in [-0.15, -0.1) is 11.3 Å². The molecular formula is C11H10N4O2S3. The normalized spacial score (nSPS) is 12.1. The molecule has 1 N–H and O–H groups in total. The van der Waals surface area contributed by atoms with Crippen molar-refractivity contribution in [2.45, 2.75) is 18.4 Å². The summed E-state index contributed by atoms with van der Waals surface area (Å²) >= 11 is 2.43. The van der Waals surface area contributed by atoms with E-state index in [0.717, 1.165) is 22.4 Å². The third-order valence-corrected chi connectivity index (χ3v) is 5.56. The maximum atomic E-state index is 12.3. The number of thiazole rings is 1. The number of fused-ring (bicyclic) bond motifs is 1. The van der Waals surface area contributed by atoms with E-state index in [-0.39, 0.29) is 11.4 Å². The second-order valence-corrected chi connectivity index (χ2v) is 7.30. The lowest BCUT2D eigenvalue weighted by atomic mass is 10.3. The number of sulfonamides is 1. The Morgan fingerprint density at radius 3 is 2.90 bits per heavy atom. The molecule has 0 amide bonds. The van der Waals surface area contributed by atoms with Crippen LogP contribution in [0.1, 0.15) is 10.7 Å². The molecule has 0 unspecified atom stereocenters. The summed E-state index contributed by atoms with van der Waals surface area (Å²) in [5.41, 5.74) is 1.87. The summed E-state index contributed by atoms with van der Waals surface area (Å²) in [6, 6.07) is 4.92. The number of nitrogens with zero attached hydrogens (tertiary/aromatic N) is 3. The van der Waals surface area contributed by atoms with E-state index in [0.29, 0.717) is 11.0 Å². The molecule has 0 spiro atoms. The number of aryl methyl sites for hydroxylation is 1. The number of nitrogens with one attached hydrogen (secondary N) is 1. The van der Waals surface area contributed by atoms with Gasteiger partial charge in [-0.05, 0) is 19.1 Å². The lowest BCUT2D eigenvalue weighted by Crippen LogP contribution is -2.23. The van der Waals surface area contributed by atoms with Gasteiger partial charge in [-0.1, -0.05) is 6.07 Å². The summed E-state index contributed by atoms with van der Waals surface area (Å²) in [7, 11) is -3.62. The molecule has 0 saturated carbocycles. The molecule has 2 heterocycles. The van der Waals surface area contributed by atoms with Crippen LogP contribution in [-0.2, 0) is 16.6 Å². The molecule has 0 aliphatic carbocycles. The average molecular weight is 326 g/mol. The highest BCUT2D eigenvalue weighted by Crippen LogP contribution is 2.21. The van der Waals surface area contributed by atoms with Gasteiger partial charge >= 0.3 is 0 Å². The monoisotopic (exact) mass is 326 g/mol. The van der Waals surface area contributed by atoms with E-state index in [9.17, 15) is 8.42 Å². The summed E-state index contributed by atoms with van der Waals surface area (Å²) < 4.78 is 35.3. The minimum Gasteiger partial charge on any atom is -0.245 e. The molecule has 2 aromatic heterocycles. The third kappa shape index (κ3) is 2.57. The first-order valence-corrected chi connectivity index (χ1v) is 8.77. The Morgan fingerprint density at radius 2 is 2.15 bits per heavy atom. The number of rotatable bonds is 4. The highest BCUT2D eigenvalue weighted by molar-refractivity contribution is 7.89. The second-order valence-electron chi connectivity index (χ2n) is 4.10. The average Bonchev–Trinajstić information content (AvgIpc) is 3.04. The van der Waals surface area contributed by atoms with E-state index in [4.69, 9.17) is 0 Å². The van der Waals surface area contributed by atoms with Crippen LogP contribution in [0.2, 0.25) is 0 Å². The van der Waals surface area contributed by atoms with Crippen molar-refractivity contribution >= 4 is 44.1 Å². The molecule has 0 fully saturated rings. The molecule has 0 saturated heterocycles. The Morgan fingerprint density at radius 1 is 1.30 bits per heavy atom. The van der Waals surface area contributed by atoms with Crippen LogP contribution in [0.25, 0.3) is 11.0 Å². The third-order valence-electron chi connectivity index (χ3n) is 2.62. The van der Waals surface area contributed by atoms with Gasteiger partial charge in [-0.3, -0.25) is 0 Å². The molecule has 0 atom stereocenters. The quantitative estimate of drug-likeness (QED) is 0.792. The number of hydrogen-bond donors (Lipinski definition) is 1. The summed E-state index contributed by atoms with van der Waals surface area (Å²) in [4.78, 5) is 4.38. The largest absolute Gasteiger partial charge is 0.245 e. The Balaban J connectivity index is 1.90. The van der Waals surface area contributed by atoms with E-state index >= 15 is 0 Å². The van der Waals surface area contributed by atoms with Gasteiger partial charge < -0.3 is 0 Å². The lowest BCUT2D eigenvalue weighted by molar-refractivity contribution is 0.582. The van der Waals surface area contributed by atoms with Crippen LogP contribution in [0.4, 0.5) is 0 Å². The van der Waals surface area contributed by atoms with E-state index in [1.54, 1.807) is 12.1 Å². The van der Waals surface area contributed by atoms with Crippen molar-refractivity contribution in [1.29, 1.82) is 0 Å². The van der Waals surface area contributed by atoms with Crippen LogP contribution in [-0.4, -0.2) is 22.1 Å². The van der Waals surface area contributed by atoms with Crippen molar-refractivity contribution in [2.75, 3.05) is 0 Å². The first kappa shape index (κ1) is 13.6. The zero-order valence-corrected chi connectivity index (χ0v) is 12.8. The highest BCUT2D eigenvalue weighted by atomic mass is 32.2. The minimum atomic E-state index is -3.62. The van der Waals surface area contributed by atoms with Gasteiger partial charge in [0, 0.05) is 11.1 Å². The van der Waals surface area contributed by atoms with Gasteiger partial charge in [-0.25, -0.2) is 18.1 Å². The fourth-order valence-electron chi connectivity index (χ4n) is 1.72. The Kier molecular flexibility index (Phi) is 3.50. The maximum Gasteiger partial charge on any atom is 0.243 e. The lowest BCUT2D eigenvalue weighted by Gasteiger charge is -2.05. The van der Waals surface area contributed by atoms with Crippen molar-refractivity contribution in [2.24, 2.45) is 0 Å². The van der Waals surface area contributed by atoms with Crippen LogP contribution >= 0.6 is 23.1 Å². The molecular weight excluding hydrogens is 316 g/mol. The number of aromatic nitrogens is 3. The molecule has 104 valence electrons. The van der Waals surface area contributed by atoms with Gasteiger partial charge in [0.2, 0.25) is 10.0 Å². The Labute approximate surface area is 123 Å². The van der Waals surface area contributed by atoms with E-state index in [2.05, 4.69) is 18.5 Å². The molecule has 0 aliphatic heterocycles.